The zero-order valence-electron chi connectivity index (χ0n) is 12.0. The molecule has 0 radical (unpaired) electrons. The third-order valence-corrected chi connectivity index (χ3v) is 4.19. The second kappa shape index (κ2) is 4.90. The fourth-order valence-electron chi connectivity index (χ4n) is 2.73. The van der Waals surface area contributed by atoms with Crippen molar-refractivity contribution in [2.45, 2.75) is 26.9 Å². The molecule has 0 heterocycles. The van der Waals surface area contributed by atoms with Crippen LogP contribution in [0.5, 0.6) is 0 Å². The van der Waals surface area contributed by atoms with Crippen molar-refractivity contribution in [1.82, 2.24) is 0 Å². The van der Waals surface area contributed by atoms with Crippen molar-refractivity contribution in [3.8, 4) is 0 Å². The minimum atomic E-state index is -4.50. The van der Waals surface area contributed by atoms with Gasteiger partial charge in [0, 0.05) is 0 Å². The van der Waals surface area contributed by atoms with E-state index in [1.807, 2.05) is 0 Å². The largest absolute Gasteiger partial charge is 0.481 e. The minimum absolute atomic E-state index is 0.0694. The Balaban J connectivity index is 2.41. The second-order valence-electron chi connectivity index (χ2n) is 6.11. The summed E-state index contributed by atoms with van der Waals surface area (Å²) in [6.45, 7) is 5.15. The Morgan fingerprint density at radius 3 is 2.14 bits per heavy atom. The molecule has 1 aromatic carbocycles. The van der Waals surface area contributed by atoms with Crippen LogP contribution in [0.25, 0.3) is 5.57 Å². The number of carboxylic acid groups (broad SMARTS) is 1. The predicted octanol–water partition coefficient (Wildman–Crippen LogP) is 4.30. The van der Waals surface area contributed by atoms with E-state index in [9.17, 15) is 18.0 Å². The summed E-state index contributed by atoms with van der Waals surface area (Å²) in [7, 11) is 0. The lowest BCUT2D eigenvalue weighted by molar-refractivity contribution is -0.139. The quantitative estimate of drug-likeness (QED) is 0.903. The molecule has 2 atom stereocenters. The molecule has 1 aliphatic rings. The van der Waals surface area contributed by atoms with Crippen LogP contribution >= 0.6 is 0 Å². The summed E-state index contributed by atoms with van der Waals surface area (Å²) in [6.07, 6.45) is -3.43. The summed E-state index contributed by atoms with van der Waals surface area (Å²) >= 11 is 0. The summed E-state index contributed by atoms with van der Waals surface area (Å²) in [5.74, 6) is -2.42. The van der Waals surface area contributed by atoms with E-state index in [-0.39, 0.29) is 5.56 Å². The van der Waals surface area contributed by atoms with E-state index in [4.69, 9.17) is 5.11 Å². The highest BCUT2D eigenvalue weighted by Gasteiger charge is 2.61. The average Bonchev–Trinajstić information content (AvgIpc) is 2.88. The van der Waals surface area contributed by atoms with Gasteiger partial charge in [0.15, 0.2) is 0 Å². The molecule has 1 aromatic rings. The molecule has 5 heteroatoms. The van der Waals surface area contributed by atoms with Gasteiger partial charge in [-0.3, -0.25) is 4.79 Å². The molecular formula is C16H17F3O2. The van der Waals surface area contributed by atoms with Crippen molar-refractivity contribution in [3.05, 3.63) is 41.5 Å². The summed E-state index contributed by atoms with van der Waals surface area (Å²) in [5.41, 5.74) is -0.466. The maximum atomic E-state index is 13.3. The third-order valence-electron chi connectivity index (χ3n) is 4.19. The van der Waals surface area contributed by atoms with Crippen LogP contribution in [-0.4, -0.2) is 17.3 Å². The van der Waals surface area contributed by atoms with Crippen molar-refractivity contribution < 1.29 is 23.1 Å². The molecule has 1 saturated carbocycles. The Morgan fingerprint density at radius 1 is 1.24 bits per heavy atom. The normalized spacial score (nSPS) is 24.8. The van der Waals surface area contributed by atoms with E-state index in [1.54, 1.807) is 32.9 Å². The lowest BCUT2D eigenvalue weighted by Crippen LogP contribution is -2.11. The van der Waals surface area contributed by atoms with Crippen LogP contribution in [0.15, 0.2) is 30.3 Å². The number of allylic oxidation sites excluding steroid dienone is 2. The van der Waals surface area contributed by atoms with Crippen LogP contribution in [0, 0.1) is 24.2 Å². The van der Waals surface area contributed by atoms with E-state index >= 15 is 0 Å². The molecular weight excluding hydrogens is 281 g/mol. The van der Waals surface area contributed by atoms with E-state index < -0.39 is 35.0 Å². The fraction of sp³-hybridized carbons (Fsp3) is 0.438. The van der Waals surface area contributed by atoms with Crippen LogP contribution < -0.4 is 0 Å². The van der Waals surface area contributed by atoms with Crippen molar-refractivity contribution in [3.63, 3.8) is 0 Å². The number of hydrogen-bond donors (Lipinski definition) is 1. The van der Waals surface area contributed by atoms with Crippen LogP contribution in [0.4, 0.5) is 13.2 Å². The highest BCUT2D eigenvalue weighted by molar-refractivity contribution is 5.78. The van der Waals surface area contributed by atoms with Gasteiger partial charge in [-0.15, -0.1) is 0 Å². The van der Waals surface area contributed by atoms with Gasteiger partial charge in [0.2, 0.25) is 0 Å². The van der Waals surface area contributed by atoms with Gasteiger partial charge in [0.1, 0.15) is 0 Å². The van der Waals surface area contributed by atoms with Crippen LogP contribution in [0.1, 0.15) is 25.0 Å². The molecule has 0 aliphatic heterocycles. The number of halogens is 3. The van der Waals surface area contributed by atoms with Gasteiger partial charge >= 0.3 is 12.1 Å². The fourth-order valence-corrected chi connectivity index (χ4v) is 2.73. The Morgan fingerprint density at radius 2 is 1.76 bits per heavy atom. The number of carbonyl (C=O) groups is 1. The number of aliphatic carboxylic acids is 1. The molecule has 0 amide bonds. The summed E-state index contributed by atoms with van der Waals surface area (Å²) < 4.78 is 39.8. The number of aryl methyl sites for hydroxylation is 1. The molecule has 0 aromatic heterocycles. The van der Waals surface area contributed by atoms with Crippen molar-refractivity contribution in [2.24, 2.45) is 17.3 Å². The molecule has 21 heavy (non-hydrogen) atoms. The number of rotatable bonds is 3. The monoisotopic (exact) mass is 298 g/mol. The Bertz CT molecular complexity index is 583. The average molecular weight is 298 g/mol. The van der Waals surface area contributed by atoms with Gasteiger partial charge < -0.3 is 5.11 Å². The Hall–Kier alpha value is -1.78. The molecule has 1 aliphatic carbocycles. The number of alkyl halides is 3. The Labute approximate surface area is 121 Å². The first-order valence-electron chi connectivity index (χ1n) is 6.64. The maximum absolute atomic E-state index is 13.3. The van der Waals surface area contributed by atoms with Gasteiger partial charge in [-0.05, 0) is 23.8 Å². The first-order chi connectivity index (χ1) is 9.55. The molecule has 2 unspecified atom stereocenters. The first kappa shape index (κ1) is 15.6. The highest BCUT2D eigenvalue weighted by Crippen LogP contribution is 2.60. The molecule has 0 spiro atoms. The topological polar surface area (TPSA) is 37.3 Å². The lowest BCUT2D eigenvalue weighted by Gasteiger charge is -2.13. The zero-order chi connectivity index (χ0) is 16.0. The molecule has 0 saturated heterocycles. The van der Waals surface area contributed by atoms with Gasteiger partial charge in [0.25, 0.3) is 0 Å². The molecule has 1 N–H and O–H groups in total. The molecule has 2 rings (SSSR count). The number of carboxylic acids is 1. The first-order valence-corrected chi connectivity index (χ1v) is 6.64. The summed E-state index contributed by atoms with van der Waals surface area (Å²) in [6, 6.07) is 6.06. The molecule has 114 valence electrons. The van der Waals surface area contributed by atoms with E-state index in [1.165, 1.54) is 12.1 Å². The smallest absolute Gasteiger partial charge is 0.416 e. The molecule has 2 nitrogen and oxygen atoms in total. The summed E-state index contributed by atoms with van der Waals surface area (Å²) in [5, 5.41) is 9.07. The van der Waals surface area contributed by atoms with Crippen molar-refractivity contribution in [2.75, 3.05) is 0 Å². The van der Waals surface area contributed by atoms with Crippen LogP contribution in [0.2, 0.25) is 0 Å². The van der Waals surface area contributed by atoms with Crippen molar-refractivity contribution >= 4 is 11.5 Å². The van der Waals surface area contributed by atoms with Gasteiger partial charge in [0.05, 0.1) is 11.5 Å². The molecule has 0 bridgehead atoms. The summed E-state index contributed by atoms with van der Waals surface area (Å²) in [4.78, 5) is 11.1. The zero-order valence-corrected chi connectivity index (χ0v) is 12.0. The van der Waals surface area contributed by atoms with E-state index in [0.717, 1.165) is 11.6 Å². The SMILES string of the molecule is Cc1ccc(/C(=C/C2C(C(=O)O)C2(C)C)C(F)(F)F)cc1. The number of benzene rings is 1. The standard InChI is InChI=1S/C16H17F3O2/c1-9-4-6-10(7-5-9)11(16(17,18)19)8-12-13(14(20)21)15(12,2)3/h4-8,12-13H,1-3H3,(H,20,21)/b11-8-. The minimum Gasteiger partial charge on any atom is -0.481 e. The lowest BCUT2D eigenvalue weighted by atomic mass is 10.0. The van der Waals surface area contributed by atoms with Gasteiger partial charge in [-0.1, -0.05) is 49.8 Å². The number of hydrogen-bond acceptors (Lipinski definition) is 1. The van der Waals surface area contributed by atoms with Gasteiger partial charge in [-0.2, -0.15) is 13.2 Å². The third kappa shape index (κ3) is 2.96. The highest BCUT2D eigenvalue weighted by atomic mass is 19.4. The van der Waals surface area contributed by atoms with Crippen LogP contribution in [-0.2, 0) is 4.79 Å². The van der Waals surface area contributed by atoms with Crippen LogP contribution in [0.3, 0.4) is 0 Å². The van der Waals surface area contributed by atoms with Gasteiger partial charge in [-0.25, -0.2) is 0 Å². The van der Waals surface area contributed by atoms with E-state index in [2.05, 4.69) is 0 Å². The predicted molar refractivity (Wildman–Crippen MR) is 73.6 cm³/mol. The maximum Gasteiger partial charge on any atom is 0.416 e. The second-order valence-corrected chi connectivity index (χ2v) is 6.11. The molecule has 1 fully saturated rings. The Kier molecular flexibility index (Phi) is 3.64. The van der Waals surface area contributed by atoms with E-state index in [0.29, 0.717) is 0 Å². The van der Waals surface area contributed by atoms with Crippen molar-refractivity contribution in [1.29, 1.82) is 0 Å².